The second-order valence-electron chi connectivity index (χ2n) is 4.65. The zero-order valence-corrected chi connectivity index (χ0v) is 12.4. The number of rotatable bonds is 5. The molecule has 3 aromatic rings. The smallest absolute Gasteiger partial charge is 0.215 e. The highest BCUT2D eigenvalue weighted by atomic mass is 32.2. The molecular weight excluding hydrogens is 304 g/mol. The topological polar surface area (TPSA) is 84.3 Å². The quantitative estimate of drug-likeness (QED) is 0.672. The van der Waals surface area contributed by atoms with Crippen LogP contribution in [-0.4, -0.2) is 29.1 Å². The Balaban J connectivity index is 1.89. The largest absolute Gasteiger partial charge is 0.742 e. The number of hydrogen-bond donors (Lipinski definition) is 0. The molecule has 1 heterocycles. The molecule has 0 radical (unpaired) electrons. The first-order chi connectivity index (χ1) is 10.6. The van der Waals surface area contributed by atoms with Crippen LogP contribution < -0.4 is 4.74 Å². The van der Waals surface area contributed by atoms with Gasteiger partial charge in [-0.3, -0.25) is 0 Å². The molecule has 7 heteroatoms. The maximum absolute atomic E-state index is 11.4. The minimum absolute atomic E-state index is 0.214. The van der Waals surface area contributed by atoms with Crippen LogP contribution in [0, 0.1) is 0 Å². The molecule has 1 aromatic heterocycles. The molecule has 0 atom stereocenters. The zero-order valence-electron chi connectivity index (χ0n) is 11.5. The molecule has 3 rings (SSSR count). The third kappa shape index (κ3) is 2.95. The summed E-state index contributed by atoms with van der Waals surface area (Å²) in [6.07, 6.45) is 0. The third-order valence-corrected chi connectivity index (χ3v) is 3.93. The molecule has 0 spiro atoms. The molecule has 0 saturated carbocycles. The van der Waals surface area contributed by atoms with E-state index in [4.69, 9.17) is 4.74 Å². The summed E-state index contributed by atoms with van der Waals surface area (Å²) in [5, 5.41) is -0.481. The van der Waals surface area contributed by atoms with Gasteiger partial charge in [-0.1, -0.05) is 30.3 Å². The number of fused-ring (bicyclic) bond motifs is 1. The van der Waals surface area contributed by atoms with Crippen molar-refractivity contribution in [3.63, 3.8) is 0 Å². The van der Waals surface area contributed by atoms with Crippen molar-refractivity contribution in [3.05, 3.63) is 54.6 Å². The molecule has 0 aliphatic heterocycles. The van der Waals surface area contributed by atoms with Crippen LogP contribution in [0.5, 0.6) is 5.75 Å². The van der Waals surface area contributed by atoms with E-state index in [2.05, 4.69) is 4.98 Å². The summed E-state index contributed by atoms with van der Waals surface area (Å²) in [6, 6.07) is 16.1. The molecule has 22 heavy (non-hydrogen) atoms. The molecule has 0 N–H and O–H groups in total. The number of nitrogens with zero attached hydrogens (tertiary/aromatic N) is 2. The normalized spacial score (nSPS) is 11.7. The molecule has 0 fully saturated rings. The third-order valence-electron chi connectivity index (χ3n) is 3.17. The lowest BCUT2D eigenvalue weighted by Gasteiger charge is -2.12. The molecular formula is C15H13N2O4S-. The van der Waals surface area contributed by atoms with E-state index in [1.54, 1.807) is 36.4 Å². The van der Waals surface area contributed by atoms with Crippen molar-refractivity contribution < 1.29 is 17.7 Å². The van der Waals surface area contributed by atoms with Gasteiger partial charge in [0.2, 0.25) is 5.16 Å². The SMILES string of the molecule is O=S(=O)([O-])c1nc2ccccc2n1CCOc1ccccc1. The molecule has 6 nitrogen and oxygen atoms in total. The van der Waals surface area contributed by atoms with Crippen LogP contribution in [0.2, 0.25) is 0 Å². The van der Waals surface area contributed by atoms with E-state index < -0.39 is 15.3 Å². The summed E-state index contributed by atoms with van der Waals surface area (Å²) < 4.78 is 41.1. The molecule has 2 aromatic carbocycles. The van der Waals surface area contributed by atoms with Crippen LogP contribution >= 0.6 is 0 Å². The summed E-state index contributed by atoms with van der Waals surface area (Å²) >= 11 is 0. The molecule has 0 amide bonds. The Morgan fingerprint density at radius 3 is 2.45 bits per heavy atom. The van der Waals surface area contributed by atoms with Gasteiger partial charge in [-0.2, -0.15) is 0 Å². The average molecular weight is 317 g/mol. The van der Waals surface area contributed by atoms with Gasteiger partial charge in [0.15, 0.2) is 10.1 Å². The van der Waals surface area contributed by atoms with Crippen LogP contribution in [-0.2, 0) is 16.7 Å². The second-order valence-corrected chi connectivity index (χ2v) is 5.92. The lowest BCUT2D eigenvalue weighted by Crippen LogP contribution is -2.14. The van der Waals surface area contributed by atoms with Crippen molar-refractivity contribution in [1.82, 2.24) is 9.55 Å². The minimum atomic E-state index is -4.64. The van der Waals surface area contributed by atoms with E-state index in [0.717, 1.165) is 0 Å². The van der Waals surface area contributed by atoms with Gasteiger partial charge in [0.05, 0.1) is 17.6 Å². The molecule has 0 aliphatic carbocycles. The second kappa shape index (κ2) is 5.78. The first-order valence-corrected chi connectivity index (χ1v) is 8.05. The van der Waals surface area contributed by atoms with Gasteiger partial charge in [-0.05, 0) is 24.3 Å². The molecule has 114 valence electrons. The van der Waals surface area contributed by atoms with Crippen molar-refractivity contribution in [2.24, 2.45) is 0 Å². The molecule has 0 bridgehead atoms. The van der Waals surface area contributed by atoms with Crippen LogP contribution in [0.3, 0.4) is 0 Å². The van der Waals surface area contributed by atoms with Crippen molar-refractivity contribution in [2.75, 3.05) is 6.61 Å². The fourth-order valence-electron chi connectivity index (χ4n) is 2.23. The monoisotopic (exact) mass is 317 g/mol. The van der Waals surface area contributed by atoms with Crippen LogP contribution in [0.1, 0.15) is 0 Å². The Hall–Kier alpha value is -2.38. The number of aromatic nitrogens is 2. The molecule has 0 aliphatic rings. The number of ether oxygens (including phenoxy) is 1. The van der Waals surface area contributed by atoms with Gasteiger partial charge >= 0.3 is 0 Å². The predicted molar refractivity (Wildman–Crippen MR) is 79.6 cm³/mol. The Kier molecular flexibility index (Phi) is 3.82. The summed E-state index contributed by atoms with van der Waals surface area (Å²) in [5.41, 5.74) is 1.06. The van der Waals surface area contributed by atoms with E-state index in [1.807, 2.05) is 18.2 Å². The van der Waals surface area contributed by atoms with Crippen molar-refractivity contribution in [2.45, 2.75) is 11.7 Å². The standard InChI is InChI=1S/C15H14N2O4S/c18-22(19,20)15-16-13-8-4-5-9-14(13)17(15)10-11-21-12-6-2-1-3-7-12/h1-9H,10-11H2,(H,18,19,20)/p-1. The van der Waals surface area contributed by atoms with Crippen molar-refractivity contribution in [1.29, 1.82) is 0 Å². The number of hydrogen-bond acceptors (Lipinski definition) is 5. The van der Waals surface area contributed by atoms with Gasteiger partial charge < -0.3 is 13.9 Å². The van der Waals surface area contributed by atoms with Crippen LogP contribution in [0.15, 0.2) is 59.8 Å². The van der Waals surface area contributed by atoms with E-state index in [9.17, 15) is 13.0 Å². The maximum atomic E-state index is 11.4. The zero-order chi connectivity index (χ0) is 15.6. The summed E-state index contributed by atoms with van der Waals surface area (Å²) in [6.45, 7) is 0.444. The highest BCUT2D eigenvalue weighted by molar-refractivity contribution is 7.85. The fraction of sp³-hybridized carbons (Fsp3) is 0.133. The lowest BCUT2D eigenvalue weighted by molar-refractivity contribution is 0.294. The summed E-state index contributed by atoms with van der Waals surface area (Å²) in [5.74, 6) is 0.679. The predicted octanol–water partition coefficient (Wildman–Crippen LogP) is 2.02. The fourth-order valence-corrected chi connectivity index (χ4v) is 2.90. The lowest BCUT2D eigenvalue weighted by atomic mass is 10.3. The van der Waals surface area contributed by atoms with E-state index in [-0.39, 0.29) is 13.2 Å². The first-order valence-electron chi connectivity index (χ1n) is 6.65. The Morgan fingerprint density at radius 2 is 1.73 bits per heavy atom. The van der Waals surface area contributed by atoms with Crippen molar-refractivity contribution in [3.8, 4) is 5.75 Å². The number of imidazole rings is 1. The molecule has 0 saturated heterocycles. The van der Waals surface area contributed by atoms with Gasteiger partial charge in [0.25, 0.3) is 0 Å². The van der Waals surface area contributed by atoms with E-state index in [0.29, 0.717) is 16.8 Å². The van der Waals surface area contributed by atoms with Gasteiger partial charge in [0, 0.05) is 0 Å². The number of benzene rings is 2. The average Bonchev–Trinajstić information content (AvgIpc) is 2.88. The van der Waals surface area contributed by atoms with Gasteiger partial charge in [0.1, 0.15) is 12.4 Å². The first kappa shape index (κ1) is 14.6. The van der Waals surface area contributed by atoms with E-state index in [1.165, 1.54) is 4.57 Å². The summed E-state index contributed by atoms with van der Waals surface area (Å²) in [4.78, 5) is 3.92. The van der Waals surface area contributed by atoms with E-state index >= 15 is 0 Å². The Bertz CT molecular complexity index is 888. The van der Waals surface area contributed by atoms with Gasteiger partial charge in [-0.15, -0.1) is 0 Å². The Labute approximate surface area is 127 Å². The number of para-hydroxylation sites is 3. The highest BCUT2D eigenvalue weighted by Crippen LogP contribution is 2.19. The van der Waals surface area contributed by atoms with Crippen LogP contribution in [0.4, 0.5) is 0 Å². The van der Waals surface area contributed by atoms with Crippen LogP contribution in [0.25, 0.3) is 11.0 Å². The molecule has 0 unspecified atom stereocenters. The summed E-state index contributed by atoms with van der Waals surface area (Å²) in [7, 11) is -4.64. The Morgan fingerprint density at radius 1 is 1.05 bits per heavy atom. The van der Waals surface area contributed by atoms with Gasteiger partial charge in [-0.25, -0.2) is 13.4 Å². The highest BCUT2D eigenvalue weighted by Gasteiger charge is 2.15. The minimum Gasteiger partial charge on any atom is -0.742 e. The maximum Gasteiger partial charge on any atom is 0.215 e. The van der Waals surface area contributed by atoms with Crippen molar-refractivity contribution >= 4 is 21.2 Å².